The summed E-state index contributed by atoms with van der Waals surface area (Å²) >= 11 is 0. The van der Waals surface area contributed by atoms with Crippen LogP contribution >= 0.6 is 8.38 Å². The summed E-state index contributed by atoms with van der Waals surface area (Å²) in [5, 5.41) is 0. The standard InChI is InChI=1S/C18H13N2O4P/c21-17(11-4-2-1-3-5-11)12-6-7-13-14(10-12)20-18(19-13)15-8-9-16(24-15)25(22)23/h1-10,22-23H,(H,19,20). The average Bonchev–Trinajstić information content (AvgIpc) is 3.28. The maximum Gasteiger partial charge on any atom is 0.237 e. The first-order chi connectivity index (χ1) is 12.1. The number of aromatic nitrogens is 2. The third-order valence-corrected chi connectivity index (χ3v) is 4.44. The molecule has 2 aromatic heterocycles. The van der Waals surface area contributed by atoms with Crippen molar-refractivity contribution in [1.29, 1.82) is 0 Å². The van der Waals surface area contributed by atoms with Crippen molar-refractivity contribution < 1.29 is 19.0 Å². The molecule has 0 fully saturated rings. The van der Waals surface area contributed by atoms with Crippen molar-refractivity contribution in [3.05, 3.63) is 71.8 Å². The van der Waals surface area contributed by atoms with E-state index in [-0.39, 0.29) is 11.3 Å². The van der Waals surface area contributed by atoms with E-state index >= 15 is 0 Å². The van der Waals surface area contributed by atoms with Gasteiger partial charge in [-0.3, -0.25) is 4.79 Å². The van der Waals surface area contributed by atoms with Gasteiger partial charge in [0, 0.05) is 11.1 Å². The van der Waals surface area contributed by atoms with Crippen LogP contribution in [0.3, 0.4) is 0 Å². The number of H-pyrrole nitrogens is 1. The molecule has 0 radical (unpaired) electrons. The number of nitrogens with zero attached hydrogens (tertiary/aromatic N) is 1. The van der Waals surface area contributed by atoms with E-state index in [0.717, 1.165) is 0 Å². The van der Waals surface area contributed by atoms with Crippen molar-refractivity contribution in [2.75, 3.05) is 0 Å². The molecule has 0 amide bonds. The van der Waals surface area contributed by atoms with E-state index in [2.05, 4.69) is 9.97 Å². The zero-order valence-electron chi connectivity index (χ0n) is 12.9. The number of fused-ring (bicyclic) bond motifs is 1. The molecule has 2 heterocycles. The van der Waals surface area contributed by atoms with Crippen LogP contribution in [0.15, 0.2) is 65.1 Å². The highest BCUT2D eigenvalue weighted by Crippen LogP contribution is 2.27. The Morgan fingerprint density at radius 3 is 2.52 bits per heavy atom. The predicted molar refractivity (Wildman–Crippen MR) is 94.7 cm³/mol. The van der Waals surface area contributed by atoms with Crippen LogP contribution in [0, 0.1) is 0 Å². The molecule has 4 rings (SSSR count). The van der Waals surface area contributed by atoms with Crippen LogP contribution in [0.1, 0.15) is 15.9 Å². The van der Waals surface area contributed by atoms with Crippen LogP contribution < -0.4 is 5.50 Å². The molecule has 0 atom stereocenters. The molecular formula is C18H13N2O4P. The lowest BCUT2D eigenvalue weighted by atomic mass is 10.0. The molecular weight excluding hydrogens is 339 g/mol. The second kappa shape index (κ2) is 6.26. The fraction of sp³-hybridized carbons (Fsp3) is 0. The van der Waals surface area contributed by atoms with E-state index < -0.39 is 8.38 Å². The van der Waals surface area contributed by atoms with Gasteiger partial charge in [0.05, 0.1) is 11.0 Å². The number of ketones is 1. The van der Waals surface area contributed by atoms with E-state index in [9.17, 15) is 14.6 Å². The van der Waals surface area contributed by atoms with Crippen LogP contribution in [0.5, 0.6) is 0 Å². The lowest BCUT2D eigenvalue weighted by molar-refractivity contribution is 0.103. The fourth-order valence-corrected chi connectivity index (χ4v) is 2.97. The Balaban J connectivity index is 1.71. The highest BCUT2D eigenvalue weighted by atomic mass is 31.2. The number of hydrogen-bond acceptors (Lipinski definition) is 5. The Kier molecular flexibility index (Phi) is 3.93. The molecule has 7 heteroatoms. The van der Waals surface area contributed by atoms with E-state index in [1.54, 1.807) is 36.4 Å². The number of imidazole rings is 1. The number of furan rings is 1. The smallest absolute Gasteiger partial charge is 0.237 e. The maximum absolute atomic E-state index is 12.5. The molecule has 0 aliphatic rings. The molecule has 0 saturated heterocycles. The van der Waals surface area contributed by atoms with Crippen molar-refractivity contribution in [2.24, 2.45) is 0 Å². The minimum atomic E-state index is -2.28. The van der Waals surface area contributed by atoms with Gasteiger partial charge in [-0.1, -0.05) is 30.3 Å². The minimum Gasteiger partial charge on any atom is -0.448 e. The van der Waals surface area contributed by atoms with Gasteiger partial charge in [-0.2, -0.15) is 0 Å². The van der Waals surface area contributed by atoms with Crippen molar-refractivity contribution in [3.63, 3.8) is 0 Å². The predicted octanol–water partition coefficient (Wildman–Crippen LogP) is 2.98. The Morgan fingerprint density at radius 2 is 1.80 bits per heavy atom. The van der Waals surface area contributed by atoms with Crippen LogP contribution in [-0.2, 0) is 0 Å². The molecule has 4 aromatic rings. The fourth-order valence-electron chi connectivity index (χ4n) is 2.59. The number of benzene rings is 2. The Hall–Kier alpha value is -2.79. The van der Waals surface area contributed by atoms with E-state index in [1.807, 2.05) is 18.2 Å². The van der Waals surface area contributed by atoms with Crippen molar-refractivity contribution in [1.82, 2.24) is 9.97 Å². The summed E-state index contributed by atoms with van der Waals surface area (Å²) < 4.78 is 5.38. The third kappa shape index (κ3) is 2.98. The van der Waals surface area contributed by atoms with Gasteiger partial charge < -0.3 is 19.2 Å². The Labute approximate surface area is 143 Å². The van der Waals surface area contributed by atoms with Crippen molar-refractivity contribution in [2.45, 2.75) is 0 Å². The van der Waals surface area contributed by atoms with Gasteiger partial charge in [0.25, 0.3) is 0 Å². The van der Waals surface area contributed by atoms with Crippen molar-refractivity contribution >= 4 is 30.7 Å². The number of carbonyl (C=O) groups is 1. The SMILES string of the molecule is O=C(c1ccccc1)c1ccc2nc(-c3ccc(P(O)O)o3)[nH]c2c1. The van der Waals surface area contributed by atoms with Gasteiger partial charge in [-0.25, -0.2) is 4.98 Å². The summed E-state index contributed by atoms with van der Waals surface area (Å²) in [6.07, 6.45) is 0. The van der Waals surface area contributed by atoms with Gasteiger partial charge >= 0.3 is 0 Å². The largest absolute Gasteiger partial charge is 0.448 e. The molecule has 3 N–H and O–H groups in total. The Morgan fingerprint density at radius 1 is 1.00 bits per heavy atom. The Bertz CT molecular complexity index is 1050. The molecule has 25 heavy (non-hydrogen) atoms. The topological polar surface area (TPSA) is 99.3 Å². The number of rotatable bonds is 4. The maximum atomic E-state index is 12.5. The van der Waals surface area contributed by atoms with Gasteiger partial charge in [0.15, 0.2) is 22.9 Å². The molecule has 0 bridgehead atoms. The highest BCUT2D eigenvalue weighted by Gasteiger charge is 2.15. The van der Waals surface area contributed by atoms with E-state index in [1.165, 1.54) is 6.07 Å². The minimum absolute atomic E-state index is 0.0647. The van der Waals surface area contributed by atoms with Gasteiger partial charge in [-0.15, -0.1) is 0 Å². The number of hydrogen-bond donors (Lipinski definition) is 3. The molecule has 6 nitrogen and oxygen atoms in total. The summed E-state index contributed by atoms with van der Waals surface area (Å²) in [7, 11) is -2.28. The summed E-state index contributed by atoms with van der Waals surface area (Å²) in [6, 6.07) is 17.4. The summed E-state index contributed by atoms with van der Waals surface area (Å²) in [5.74, 6) is 0.797. The number of carbonyl (C=O) groups excluding carboxylic acids is 1. The molecule has 0 aliphatic carbocycles. The van der Waals surface area contributed by atoms with Crippen LogP contribution in [0.2, 0.25) is 0 Å². The molecule has 0 saturated carbocycles. The summed E-state index contributed by atoms with van der Waals surface area (Å²) in [6.45, 7) is 0. The van der Waals surface area contributed by atoms with E-state index in [0.29, 0.717) is 33.7 Å². The highest BCUT2D eigenvalue weighted by molar-refractivity contribution is 7.53. The summed E-state index contributed by atoms with van der Waals surface area (Å²) in [5.41, 5.74) is 2.67. The first-order valence-corrected chi connectivity index (χ1v) is 8.74. The van der Waals surface area contributed by atoms with E-state index in [4.69, 9.17) is 4.42 Å². The average molecular weight is 352 g/mol. The first-order valence-electron chi connectivity index (χ1n) is 7.49. The molecule has 0 aliphatic heterocycles. The van der Waals surface area contributed by atoms with Crippen LogP contribution in [-0.4, -0.2) is 25.5 Å². The van der Waals surface area contributed by atoms with Crippen molar-refractivity contribution in [3.8, 4) is 11.6 Å². The second-order valence-electron chi connectivity index (χ2n) is 5.44. The van der Waals surface area contributed by atoms with Gasteiger partial charge in [0.2, 0.25) is 8.38 Å². The van der Waals surface area contributed by atoms with Crippen LogP contribution in [0.4, 0.5) is 0 Å². The molecule has 124 valence electrons. The van der Waals surface area contributed by atoms with Crippen LogP contribution in [0.25, 0.3) is 22.6 Å². The molecule has 0 spiro atoms. The zero-order chi connectivity index (χ0) is 17.4. The molecule has 2 aromatic carbocycles. The molecule has 0 unspecified atom stereocenters. The number of nitrogens with one attached hydrogen (secondary N) is 1. The normalized spacial score (nSPS) is 11.3. The van der Waals surface area contributed by atoms with Gasteiger partial charge in [0.1, 0.15) is 0 Å². The quantitative estimate of drug-likeness (QED) is 0.387. The lowest BCUT2D eigenvalue weighted by Gasteiger charge is -2.00. The third-order valence-electron chi connectivity index (χ3n) is 3.80. The first kappa shape index (κ1) is 15.7. The monoisotopic (exact) mass is 352 g/mol. The second-order valence-corrected chi connectivity index (χ2v) is 6.46. The lowest BCUT2D eigenvalue weighted by Crippen LogP contribution is -2.00. The zero-order valence-corrected chi connectivity index (χ0v) is 13.8. The van der Waals surface area contributed by atoms with Gasteiger partial charge in [-0.05, 0) is 30.3 Å². The number of aromatic amines is 1. The summed E-state index contributed by atoms with van der Waals surface area (Å²) in [4.78, 5) is 38.4.